The van der Waals surface area contributed by atoms with Crippen LogP contribution in [0.25, 0.3) is 6.08 Å². The molecule has 1 N–H and O–H groups in total. The number of carbonyl (C=O) groups is 2. The number of carbonyl (C=O) groups excluding carboxylic acids is 2. The van der Waals surface area contributed by atoms with Gasteiger partial charge in [0.25, 0.3) is 11.8 Å². The molecule has 0 spiro atoms. The number of anilines is 1. The molecule has 0 saturated carbocycles. The molecule has 0 unspecified atom stereocenters. The maximum atomic E-state index is 13.5. The van der Waals surface area contributed by atoms with Crippen molar-refractivity contribution in [1.29, 1.82) is 0 Å². The van der Waals surface area contributed by atoms with Gasteiger partial charge in [-0.1, -0.05) is 71.9 Å². The Balaban J connectivity index is 1.34. The highest BCUT2D eigenvalue weighted by molar-refractivity contribution is 8.04. The maximum absolute atomic E-state index is 13.5. The fraction of sp³-hybridized carbons (Fsp3) is 0.100. The molecule has 1 aliphatic heterocycles. The normalized spacial score (nSPS) is 14.0. The highest BCUT2D eigenvalue weighted by Crippen LogP contribution is 2.42. The summed E-state index contributed by atoms with van der Waals surface area (Å²) in [5.74, 6) is -0.183. The summed E-state index contributed by atoms with van der Waals surface area (Å²) in [7, 11) is 0. The second-order valence-electron chi connectivity index (χ2n) is 8.62. The van der Waals surface area contributed by atoms with Crippen LogP contribution in [0.15, 0.2) is 107 Å². The summed E-state index contributed by atoms with van der Waals surface area (Å²) in [6.45, 7) is 2.97. The molecule has 0 atom stereocenters. The minimum atomic E-state index is -0.153. The third-order valence-corrected chi connectivity index (χ3v) is 7.02. The number of nitrogens with one attached hydrogen (secondary N) is 1. The molecule has 0 fully saturated rings. The number of benzene rings is 3. The molecule has 0 bridgehead atoms. The third-order valence-electron chi connectivity index (χ3n) is 5.94. The zero-order chi connectivity index (χ0) is 24.9. The molecule has 5 rings (SSSR count). The molecular formula is C30H25N3O2S. The first kappa shape index (κ1) is 23.6. The van der Waals surface area contributed by atoms with Crippen molar-refractivity contribution in [2.45, 2.75) is 24.9 Å². The average Bonchev–Trinajstić information content (AvgIpc) is 2.92. The Morgan fingerprint density at radius 2 is 1.72 bits per heavy atom. The molecule has 1 aromatic heterocycles. The number of pyridine rings is 1. The van der Waals surface area contributed by atoms with E-state index in [4.69, 9.17) is 0 Å². The molecule has 5 nitrogen and oxygen atoms in total. The lowest BCUT2D eigenvalue weighted by Crippen LogP contribution is -2.33. The van der Waals surface area contributed by atoms with Crippen LogP contribution in [-0.4, -0.2) is 16.8 Å². The van der Waals surface area contributed by atoms with Crippen LogP contribution >= 0.6 is 11.8 Å². The van der Waals surface area contributed by atoms with E-state index in [1.165, 1.54) is 17.3 Å². The lowest BCUT2D eigenvalue weighted by molar-refractivity contribution is -0.114. The molecule has 1 aliphatic rings. The fourth-order valence-corrected chi connectivity index (χ4v) is 5.02. The van der Waals surface area contributed by atoms with Gasteiger partial charge in [-0.2, -0.15) is 0 Å². The number of nitrogens with zero attached hydrogens (tertiary/aromatic N) is 2. The van der Waals surface area contributed by atoms with Crippen LogP contribution < -0.4 is 10.2 Å². The van der Waals surface area contributed by atoms with Crippen molar-refractivity contribution >= 4 is 35.3 Å². The minimum absolute atomic E-state index is 0.0300. The molecule has 36 heavy (non-hydrogen) atoms. The van der Waals surface area contributed by atoms with Gasteiger partial charge in [0.05, 0.1) is 17.1 Å². The number of aryl methyl sites for hydroxylation is 1. The zero-order valence-electron chi connectivity index (χ0n) is 19.8. The second kappa shape index (κ2) is 10.6. The molecule has 6 heteroatoms. The Hall–Kier alpha value is -4.16. The number of thioether (sulfide) groups is 1. The quantitative estimate of drug-likeness (QED) is 0.336. The average molecular weight is 492 g/mol. The van der Waals surface area contributed by atoms with Gasteiger partial charge in [-0.15, -0.1) is 0 Å². The van der Waals surface area contributed by atoms with Crippen LogP contribution in [0.5, 0.6) is 0 Å². The lowest BCUT2D eigenvalue weighted by atomic mass is 10.1. The first-order valence-electron chi connectivity index (χ1n) is 11.7. The SMILES string of the molecule is Cc1ccc(CN2C(=O)C(=Cc3ccc(C(=O)NCc4cccnc4)cc3)Sc3ccccc32)cc1. The van der Waals surface area contributed by atoms with Gasteiger partial charge in [-0.3, -0.25) is 14.6 Å². The first-order chi connectivity index (χ1) is 17.6. The summed E-state index contributed by atoms with van der Waals surface area (Å²) in [6, 6.07) is 27.3. The molecule has 4 aromatic rings. The highest BCUT2D eigenvalue weighted by Gasteiger charge is 2.29. The number of hydrogen-bond donors (Lipinski definition) is 1. The van der Waals surface area contributed by atoms with Crippen molar-refractivity contribution in [2.24, 2.45) is 0 Å². The predicted octanol–water partition coefficient (Wildman–Crippen LogP) is 6.00. The fourth-order valence-electron chi connectivity index (χ4n) is 3.96. The van der Waals surface area contributed by atoms with Crippen LogP contribution in [0, 0.1) is 6.92 Å². The van der Waals surface area contributed by atoms with E-state index in [-0.39, 0.29) is 11.8 Å². The van der Waals surface area contributed by atoms with E-state index in [1.54, 1.807) is 24.5 Å². The molecule has 0 saturated heterocycles. The molecule has 0 aliphatic carbocycles. The van der Waals surface area contributed by atoms with Gasteiger partial charge in [0.2, 0.25) is 0 Å². The Labute approximate surface area is 214 Å². The third kappa shape index (κ3) is 5.39. The van der Waals surface area contributed by atoms with Crippen molar-refractivity contribution in [3.63, 3.8) is 0 Å². The van der Waals surface area contributed by atoms with Crippen molar-refractivity contribution in [1.82, 2.24) is 10.3 Å². The van der Waals surface area contributed by atoms with Crippen LogP contribution in [0.2, 0.25) is 0 Å². The summed E-state index contributed by atoms with van der Waals surface area (Å²) in [5, 5.41) is 2.91. The van der Waals surface area contributed by atoms with E-state index < -0.39 is 0 Å². The Bertz CT molecular complexity index is 1420. The molecule has 2 heterocycles. The number of fused-ring (bicyclic) bond motifs is 1. The van der Waals surface area contributed by atoms with Gasteiger partial charge in [0, 0.05) is 29.4 Å². The molecule has 2 amide bonds. The Morgan fingerprint density at radius 3 is 2.47 bits per heavy atom. The van der Waals surface area contributed by atoms with Gasteiger partial charge < -0.3 is 10.2 Å². The van der Waals surface area contributed by atoms with E-state index in [0.717, 1.165) is 27.3 Å². The summed E-state index contributed by atoms with van der Waals surface area (Å²) in [5.41, 5.74) is 5.56. The summed E-state index contributed by atoms with van der Waals surface area (Å²) in [4.78, 5) is 33.7. The Kier molecular flexibility index (Phi) is 6.96. The van der Waals surface area contributed by atoms with Crippen LogP contribution in [0.1, 0.15) is 32.6 Å². The van der Waals surface area contributed by atoms with E-state index >= 15 is 0 Å². The largest absolute Gasteiger partial charge is 0.348 e. The maximum Gasteiger partial charge on any atom is 0.265 e. The lowest BCUT2D eigenvalue weighted by Gasteiger charge is -2.30. The molecular weight excluding hydrogens is 466 g/mol. The van der Waals surface area contributed by atoms with Gasteiger partial charge in [0.1, 0.15) is 0 Å². The van der Waals surface area contributed by atoms with Crippen LogP contribution in [0.4, 0.5) is 5.69 Å². The summed E-state index contributed by atoms with van der Waals surface area (Å²) >= 11 is 1.48. The number of hydrogen-bond acceptors (Lipinski definition) is 4. The van der Waals surface area contributed by atoms with Gasteiger partial charge in [0.15, 0.2) is 0 Å². The smallest absolute Gasteiger partial charge is 0.265 e. The van der Waals surface area contributed by atoms with Crippen molar-refractivity contribution < 1.29 is 9.59 Å². The monoisotopic (exact) mass is 491 g/mol. The second-order valence-corrected chi connectivity index (χ2v) is 9.71. The topological polar surface area (TPSA) is 62.3 Å². The zero-order valence-corrected chi connectivity index (χ0v) is 20.7. The number of para-hydroxylation sites is 1. The Morgan fingerprint density at radius 1 is 0.944 bits per heavy atom. The predicted molar refractivity (Wildman–Crippen MR) is 144 cm³/mol. The van der Waals surface area contributed by atoms with Crippen molar-refractivity contribution in [2.75, 3.05) is 4.90 Å². The van der Waals surface area contributed by atoms with Crippen molar-refractivity contribution in [3.05, 3.63) is 130 Å². The number of amides is 2. The van der Waals surface area contributed by atoms with Crippen LogP contribution in [-0.2, 0) is 17.9 Å². The van der Waals surface area contributed by atoms with E-state index in [1.807, 2.05) is 59.5 Å². The first-order valence-corrected chi connectivity index (χ1v) is 12.5. The van der Waals surface area contributed by atoms with Gasteiger partial charge >= 0.3 is 0 Å². The van der Waals surface area contributed by atoms with Gasteiger partial charge in [-0.25, -0.2) is 0 Å². The van der Waals surface area contributed by atoms with E-state index in [0.29, 0.717) is 23.6 Å². The summed E-state index contributed by atoms with van der Waals surface area (Å²) in [6.07, 6.45) is 5.32. The number of aromatic nitrogens is 1. The minimum Gasteiger partial charge on any atom is -0.348 e. The molecule has 178 valence electrons. The van der Waals surface area contributed by atoms with Gasteiger partial charge in [-0.05, 0) is 60.0 Å². The van der Waals surface area contributed by atoms with Crippen LogP contribution in [0.3, 0.4) is 0 Å². The van der Waals surface area contributed by atoms with E-state index in [2.05, 4.69) is 41.5 Å². The molecule has 3 aromatic carbocycles. The molecule has 0 radical (unpaired) electrons. The highest BCUT2D eigenvalue weighted by atomic mass is 32.2. The number of rotatable bonds is 6. The van der Waals surface area contributed by atoms with Crippen molar-refractivity contribution in [3.8, 4) is 0 Å². The van der Waals surface area contributed by atoms with E-state index in [9.17, 15) is 9.59 Å². The summed E-state index contributed by atoms with van der Waals surface area (Å²) < 4.78 is 0. The standard InChI is InChI=1S/C30H25N3O2S/c1-21-8-10-23(11-9-21)20-33-26-6-2-3-7-27(26)36-28(30(33)35)17-22-12-14-25(15-13-22)29(34)32-19-24-5-4-16-31-18-24/h2-18H,19-20H2,1H3,(H,32,34).